The highest BCUT2D eigenvalue weighted by atomic mass is 32.2. The molecule has 0 aromatic heterocycles. The minimum absolute atomic E-state index is 0.140. The van der Waals surface area contributed by atoms with Crippen LogP contribution in [0.3, 0.4) is 0 Å². The fourth-order valence-corrected chi connectivity index (χ4v) is 5.01. The second-order valence-electron chi connectivity index (χ2n) is 7.56. The monoisotopic (exact) mass is 453 g/mol. The van der Waals surface area contributed by atoms with Crippen LogP contribution < -0.4 is 0 Å². The maximum absolute atomic E-state index is 14.7. The van der Waals surface area contributed by atoms with Crippen molar-refractivity contribution in [1.29, 1.82) is 0 Å². The molecule has 11 heteroatoms. The van der Waals surface area contributed by atoms with E-state index in [4.69, 9.17) is 4.55 Å². The Balaban J connectivity index is 2.27. The van der Waals surface area contributed by atoms with Crippen molar-refractivity contribution in [3.8, 4) is 0 Å². The number of benzene rings is 1. The summed E-state index contributed by atoms with van der Waals surface area (Å²) in [6.45, 7) is 3.86. The average Bonchev–Trinajstić information content (AvgIpc) is 2.75. The van der Waals surface area contributed by atoms with Crippen molar-refractivity contribution in [1.82, 2.24) is 0 Å². The Hall–Kier alpha value is -1.43. The van der Waals surface area contributed by atoms with E-state index in [2.05, 4.69) is 0 Å². The lowest BCUT2D eigenvalue weighted by molar-refractivity contribution is -0.439. The summed E-state index contributed by atoms with van der Waals surface area (Å²) >= 11 is 0. The van der Waals surface area contributed by atoms with E-state index >= 15 is 0 Å². The van der Waals surface area contributed by atoms with Crippen LogP contribution in [0.15, 0.2) is 12.1 Å². The summed E-state index contributed by atoms with van der Waals surface area (Å²) in [5.74, 6) is -2.34. The van der Waals surface area contributed by atoms with Crippen molar-refractivity contribution in [2.45, 2.75) is 51.4 Å². The van der Waals surface area contributed by atoms with Gasteiger partial charge in [-0.3, -0.25) is 4.55 Å². The molecule has 1 aliphatic heterocycles. The molecule has 164 valence electrons. The molecular formula is C18H25F2NO6S2. The van der Waals surface area contributed by atoms with Crippen molar-refractivity contribution < 1.29 is 39.3 Å². The number of unbranched alkanes of at least 4 members (excludes halogenated alkanes) is 2. The molecule has 2 rings (SSSR count). The second kappa shape index (κ2) is 8.75. The van der Waals surface area contributed by atoms with Gasteiger partial charge in [0.1, 0.15) is 18.2 Å². The maximum atomic E-state index is 14.7. The van der Waals surface area contributed by atoms with E-state index in [1.807, 2.05) is 0 Å². The molecule has 0 saturated heterocycles. The number of nitrogens with zero attached hydrogens (tertiary/aromatic N) is 1. The highest BCUT2D eigenvalue weighted by molar-refractivity contribution is 7.85. The fraction of sp³-hybridized carbons (Fsp3) is 0.611. The zero-order chi connectivity index (χ0) is 22.0. The first-order chi connectivity index (χ1) is 13.2. The van der Waals surface area contributed by atoms with E-state index < -0.39 is 48.8 Å². The number of fused-ring (bicyclic) bond motifs is 1. The molecular weight excluding hydrogens is 428 g/mol. The predicted octanol–water partition coefficient (Wildman–Crippen LogP) is 2.72. The third kappa shape index (κ3) is 6.03. The summed E-state index contributed by atoms with van der Waals surface area (Å²) in [6, 6.07) is 2.02. The molecule has 1 aromatic rings. The van der Waals surface area contributed by atoms with Crippen LogP contribution >= 0.6 is 0 Å². The Kier molecular flexibility index (Phi) is 7.19. The minimum atomic E-state index is -4.33. The highest BCUT2D eigenvalue weighted by Gasteiger charge is 2.48. The van der Waals surface area contributed by atoms with Gasteiger partial charge in [-0.05, 0) is 26.2 Å². The molecule has 0 aliphatic carbocycles. The van der Waals surface area contributed by atoms with Crippen molar-refractivity contribution in [3.63, 3.8) is 0 Å². The zero-order valence-electron chi connectivity index (χ0n) is 16.3. The van der Waals surface area contributed by atoms with Gasteiger partial charge in [0.2, 0.25) is 5.69 Å². The summed E-state index contributed by atoms with van der Waals surface area (Å²) in [7, 11) is -8.40. The first-order valence-electron chi connectivity index (χ1n) is 9.24. The van der Waals surface area contributed by atoms with Crippen LogP contribution in [0, 0.1) is 11.6 Å². The lowest BCUT2D eigenvalue weighted by Crippen LogP contribution is -2.31. The van der Waals surface area contributed by atoms with Gasteiger partial charge in [0.05, 0.1) is 26.8 Å². The van der Waals surface area contributed by atoms with Gasteiger partial charge in [0.25, 0.3) is 10.1 Å². The Morgan fingerprint density at radius 1 is 1.07 bits per heavy atom. The minimum Gasteiger partial charge on any atom is -0.748 e. The average molecular weight is 454 g/mol. The lowest BCUT2D eigenvalue weighted by atomic mass is 9.76. The number of hydrogen-bond donors (Lipinski definition) is 1. The van der Waals surface area contributed by atoms with Gasteiger partial charge >= 0.3 is 0 Å². The van der Waals surface area contributed by atoms with Crippen LogP contribution in [0.25, 0.3) is 0 Å². The van der Waals surface area contributed by atoms with Gasteiger partial charge in [-0.2, -0.15) is 13.0 Å². The maximum Gasteiger partial charge on any atom is 0.264 e. The molecule has 0 fully saturated rings. The number of rotatable bonds is 10. The lowest BCUT2D eigenvalue weighted by Gasteiger charge is -2.22. The fourth-order valence-electron chi connectivity index (χ4n) is 3.88. The molecule has 0 saturated carbocycles. The summed E-state index contributed by atoms with van der Waals surface area (Å²) in [6.07, 6.45) is 1.43. The van der Waals surface area contributed by atoms with Gasteiger partial charge in [0, 0.05) is 31.2 Å². The molecule has 0 spiro atoms. The Bertz CT molecular complexity index is 1020. The van der Waals surface area contributed by atoms with Crippen molar-refractivity contribution in [2.24, 2.45) is 0 Å². The van der Waals surface area contributed by atoms with Gasteiger partial charge in [0.15, 0.2) is 5.71 Å². The molecule has 0 amide bonds. The van der Waals surface area contributed by atoms with Crippen LogP contribution in [0.5, 0.6) is 0 Å². The Morgan fingerprint density at radius 2 is 1.69 bits per heavy atom. The van der Waals surface area contributed by atoms with E-state index in [1.54, 1.807) is 18.4 Å². The first-order valence-corrected chi connectivity index (χ1v) is 12.4. The van der Waals surface area contributed by atoms with Crippen molar-refractivity contribution in [3.05, 3.63) is 29.3 Å². The van der Waals surface area contributed by atoms with Crippen LogP contribution in [0.1, 0.15) is 51.5 Å². The zero-order valence-corrected chi connectivity index (χ0v) is 18.0. The van der Waals surface area contributed by atoms with Crippen LogP contribution in [-0.4, -0.2) is 54.3 Å². The van der Waals surface area contributed by atoms with E-state index in [1.165, 1.54) is 6.07 Å². The van der Waals surface area contributed by atoms with E-state index in [9.17, 15) is 30.2 Å². The van der Waals surface area contributed by atoms with Crippen LogP contribution in [0.4, 0.5) is 14.5 Å². The molecule has 1 N–H and O–H groups in total. The van der Waals surface area contributed by atoms with Gasteiger partial charge < -0.3 is 4.55 Å². The smallest absolute Gasteiger partial charge is 0.264 e. The van der Waals surface area contributed by atoms with Gasteiger partial charge in [-0.15, -0.1) is 0 Å². The topological polar surface area (TPSA) is 115 Å². The normalized spacial score (nSPS) is 19.7. The highest BCUT2D eigenvalue weighted by Crippen LogP contribution is 2.44. The quantitative estimate of drug-likeness (QED) is 0.331. The van der Waals surface area contributed by atoms with Crippen molar-refractivity contribution in [2.75, 3.05) is 18.1 Å². The van der Waals surface area contributed by atoms with Crippen LogP contribution in [0.2, 0.25) is 0 Å². The molecule has 1 unspecified atom stereocenters. The molecule has 29 heavy (non-hydrogen) atoms. The molecule has 1 heterocycles. The first kappa shape index (κ1) is 23.8. The van der Waals surface area contributed by atoms with E-state index in [0.29, 0.717) is 37.1 Å². The number of halogens is 2. The predicted molar refractivity (Wildman–Crippen MR) is 103 cm³/mol. The molecule has 1 aliphatic rings. The van der Waals surface area contributed by atoms with Gasteiger partial charge in [-0.1, -0.05) is 6.42 Å². The molecule has 0 radical (unpaired) electrons. The van der Waals surface area contributed by atoms with Crippen LogP contribution in [-0.2, 0) is 25.7 Å². The summed E-state index contributed by atoms with van der Waals surface area (Å²) in [4.78, 5) is 0. The second-order valence-corrected chi connectivity index (χ2v) is 10.7. The largest absolute Gasteiger partial charge is 0.748 e. The molecule has 1 atom stereocenters. The molecule has 1 aromatic carbocycles. The Morgan fingerprint density at radius 3 is 2.28 bits per heavy atom. The van der Waals surface area contributed by atoms with E-state index in [0.717, 1.165) is 11.8 Å². The standard InChI is InChI=1S/C18H25F2NO6S2/c1-13-18(2,7-3-5-9-28(22,23)24)17-15(20)11-14(19)12-16(17)21(13)8-4-6-10-29(25,26)27/h11-12H,3-10H2,1-2H3,(H-,22,23,24,25,26,27). The number of hydrogen-bond acceptors (Lipinski definition) is 5. The third-order valence-electron chi connectivity index (χ3n) is 5.44. The summed E-state index contributed by atoms with van der Waals surface area (Å²) < 4.78 is 93.3. The third-order valence-corrected chi connectivity index (χ3v) is 7.03. The van der Waals surface area contributed by atoms with E-state index in [-0.39, 0.29) is 12.8 Å². The van der Waals surface area contributed by atoms with Gasteiger partial charge in [-0.25, -0.2) is 17.2 Å². The SMILES string of the molecule is CC1=[N+](CCCCS(=O)(=O)O)c2cc(F)cc(F)c2C1(C)CCCCS(=O)(=O)[O-]. The Labute approximate surface area is 169 Å². The summed E-state index contributed by atoms with van der Waals surface area (Å²) in [5, 5.41) is 0. The molecule has 0 bridgehead atoms. The van der Waals surface area contributed by atoms with Crippen molar-refractivity contribution >= 4 is 31.6 Å². The summed E-state index contributed by atoms with van der Waals surface area (Å²) in [5.41, 5.74) is 0.568. The molecule has 7 nitrogen and oxygen atoms in total.